The third kappa shape index (κ3) is 4.00. The highest BCUT2D eigenvalue weighted by molar-refractivity contribution is 6.31. The number of halogens is 2. The summed E-state index contributed by atoms with van der Waals surface area (Å²) in [6, 6.07) is 14.7. The van der Waals surface area contributed by atoms with E-state index in [9.17, 15) is 14.0 Å². The van der Waals surface area contributed by atoms with Gasteiger partial charge in [-0.2, -0.15) is 0 Å². The van der Waals surface area contributed by atoms with Gasteiger partial charge in [-0.05, 0) is 42.8 Å². The van der Waals surface area contributed by atoms with Crippen LogP contribution in [0.2, 0.25) is 5.02 Å². The zero-order chi connectivity index (χ0) is 18.7. The Morgan fingerprint density at radius 2 is 1.88 bits per heavy atom. The molecular formula is C20H16ClFN2O2. The van der Waals surface area contributed by atoms with Gasteiger partial charge in [-0.3, -0.25) is 9.59 Å². The van der Waals surface area contributed by atoms with E-state index in [4.69, 9.17) is 11.6 Å². The molecule has 1 aromatic heterocycles. The van der Waals surface area contributed by atoms with E-state index >= 15 is 0 Å². The molecule has 0 fully saturated rings. The minimum Gasteiger partial charge on any atom is -0.322 e. The van der Waals surface area contributed by atoms with Gasteiger partial charge in [0.2, 0.25) is 0 Å². The molecule has 4 nitrogen and oxygen atoms in total. The Hall–Kier alpha value is -2.92. The van der Waals surface area contributed by atoms with Crippen LogP contribution in [0.4, 0.5) is 10.1 Å². The molecule has 1 amide bonds. The molecule has 0 aliphatic rings. The van der Waals surface area contributed by atoms with Crippen molar-refractivity contribution in [2.75, 3.05) is 5.32 Å². The molecule has 3 aromatic rings. The average molecular weight is 371 g/mol. The maximum atomic E-state index is 13.2. The van der Waals surface area contributed by atoms with Crippen molar-refractivity contribution in [3.63, 3.8) is 0 Å². The minimum atomic E-state index is -0.579. The molecule has 2 aromatic carbocycles. The van der Waals surface area contributed by atoms with Crippen molar-refractivity contribution < 1.29 is 9.18 Å². The molecule has 0 spiro atoms. The second kappa shape index (κ2) is 7.54. The zero-order valence-electron chi connectivity index (χ0n) is 14.0. The Kier molecular flexibility index (Phi) is 5.19. The fourth-order valence-corrected chi connectivity index (χ4v) is 2.68. The fourth-order valence-electron chi connectivity index (χ4n) is 2.50. The number of pyridine rings is 1. The molecule has 26 heavy (non-hydrogen) atoms. The highest BCUT2D eigenvalue weighted by Gasteiger charge is 2.13. The number of hydrogen-bond donors (Lipinski definition) is 1. The quantitative estimate of drug-likeness (QED) is 0.746. The number of aromatic nitrogens is 1. The monoisotopic (exact) mass is 370 g/mol. The van der Waals surface area contributed by atoms with Gasteiger partial charge in [-0.1, -0.05) is 41.4 Å². The number of anilines is 1. The first kappa shape index (κ1) is 17.9. The van der Waals surface area contributed by atoms with Gasteiger partial charge < -0.3 is 9.88 Å². The first-order valence-corrected chi connectivity index (χ1v) is 8.33. The third-order valence-electron chi connectivity index (χ3n) is 3.92. The molecule has 1 heterocycles. The Labute approximate surface area is 154 Å². The number of benzene rings is 2. The van der Waals surface area contributed by atoms with Crippen LogP contribution < -0.4 is 10.9 Å². The van der Waals surface area contributed by atoms with Gasteiger partial charge in [0.25, 0.3) is 11.5 Å². The van der Waals surface area contributed by atoms with Crippen molar-refractivity contribution in [1.29, 1.82) is 0 Å². The highest BCUT2D eigenvalue weighted by Crippen LogP contribution is 2.19. The van der Waals surface area contributed by atoms with E-state index in [1.807, 2.05) is 31.2 Å². The summed E-state index contributed by atoms with van der Waals surface area (Å²) >= 11 is 5.71. The van der Waals surface area contributed by atoms with Gasteiger partial charge >= 0.3 is 0 Å². The number of hydrogen-bond acceptors (Lipinski definition) is 2. The summed E-state index contributed by atoms with van der Waals surface area (Å²) in [5.74, 6) is -1.15. The molecule has 0 radical (unpaired) electrons. The molecule has 132 valence electrons. The van der Waals surface area contributed by atoms with Crippen LogP contribution in [-0.4, -0.2) is 10.5 Å². The van der Waals surface area contributed by atoms with Gasteiger partial charge in [0.05, 0.1) is 11.6 Å². The van der Waals surface area contributed by atoms with Crippen LogP contribution in [0.3, 0.4) is 0 Å². The Balaban J connectivity index is 1.83. The molecule has 0 aliphatic heterocycles. The lowest BCUT2D eigenvalue weighted by Crippen LogP contribution is -2.29. The molecular weight excluding hydrogens is 355 g/mol. The summed E-state index contributed by atoms with van der Waals surface area (Å²) < 4.78 is 14.7. The van der Waals surface area contributed by atoms with Crippen LogP contribution in [0, 0.1) is 12.7 Å². The van der Waals surface area contributed by atoms with Crippen molar-refractivity contribution in [3.05, 3.63) is 98.7 Å². The number of nitrogens with zero attached hydrogens (tertiary/aromatic N) is 1. The van der Waals surface area contributed by atoms with Gasteiger partial charge in [0, 0.05) is 11.9 Å². The Bertz CT molecular complexity index is 1010. The summed E-state index contributed by atoms with van der Waals surface area (Å²) in [7, 11) is 0. The van der Waals surface area contributed by atoms with Crippen molar-refractivity contribution in [3.8, 4) is 0 Å². The van der Waals surface area contributed by atoms with Gasteiger partial charge in [-0.25, -0.2) is 4.39 Å². The zero-order valence-corrected chi connectivity index (χ0v) is 14.8. The topological polar surface area (TPSA) is 51.1 Å². The lowest BCUT2D eigenvalue weighted by atomic mass is 10.1. The number of aryl methyl sites for hydroxylation is 1. The number of carbonyl (C=O) groups excluding carboxylic acids is 1. The standard InChI is InChI=1S/C20H16ClFN2O2/c1-13-4-6-14(7-5-13)12-24-10-2-3-16(20(24)26)19(25)23-15-8-9-18(22)17(21)11-15/h2-11H,12H2,1H3,(H,23,25). The van der Waals surface area contributed by atoms with Crippen molar-refractivity contribution in [2.24, 2.45) is 0 Å². The molecule has 0 saturated heterocycles. The van der Waals surface area contributed by atoms with E-state index in [2.05, 4.69) is 5.32 Å². The predicted molar refractivity (Wildman–Crippen MR) is 100 cm³/mol. The van der Waals surface area contributed by atoms with E-state index in [-0.39, 0.29) is 10.6 Å². The molecule has 1 N–H and O–H groups in total. The SMILES string of the molecule is Cc1ccc(Cn2cccc(C(=O)Nc3ccc(F)c(Cl)c3)c2=O)cc1. The lowest BCUT2D eigenvalue weighted by molar-refractivity contribution is 0.102. The van der Waals surface area contributed by atoms with Crippen LogP contribution in [0.1, 0.15) is 21.5 Å². The maximum absolute atomic E-state index is 13.2. The summed E-state index contributed by atoms with van der Waals surface area (Å²) in [6.07, 6.45) is 1.63. The highest BCUT2D eigenvalue weighted by atomic mass is 35.5. The van der Waals surface area contributed by atoms with E-state index in [0.717, 1.165) is 17.2 Å². The molecule has 0 atom stereocenters. The van der Waals surface area contributed by atoms with E-state index in [0.29, 0.717) is 12.2 Å². The normalized spacial score (nSPS) is 10.6. The third-order valence-corrected chi connectivity index (χ3v) is 4.21. The molecule has 0 unspecified atom stereocenters. The first-order valence-electron chi connectivity index (χ1n) is 7.95. The van der Waals surface area contributed by atoms with Crippen LogP contribution in [0.25, 0.3) is 0 Å². The Morgan fingerprint density at radius 3 is 2.58 bits per heavy atom. The summed E-state index contributed by atoms with van der Waals surface area (Å²) in [4.78, 5) is 25.0. The van der Waals surface area contributed by atoms with Gasteiger partial charge in [0.1, 0.15) is 11.4 Å². The van der Waals surface area contributed by atoms with Gasteiger partial charge in [0.15, 0.2) is 0 Å². The number of carbonyl (C=O) groups is 1. The number of rotatable bonds is 4. The summed E-state index contributed by atoms with van der Waals surface area (Å²) in [5.41, 5.74) is 2.00. The van der Waals surface area contributed by atoms with Crippen molar-refractivity contribution in [1.82, 2.24) is 4.57 Å². The average Bonchev–Trinajstić information content (AvgIpc) is 2.62. The Morgan fingerprint density at radius 1 is 1.15 bits per heavy atom. The van der Waals surface area contributed by atoms with E-state index < -0.39 is 17.3 Å². The van der Waals surface area contributed by atoms with E-state index in [1.165, 1.54) is 22.8 Å². The second-order valence-electron chi connectivity index (χ2n) is 5.92. The molecule has 0 saturated carbocycles. The van der Waals surface area contributed by atoms with Crippen LogP contribution in [0.15, 0.2) is 65.6 Å². The molecule has 0 bridgehead atoms. The predicted octanol–water partition coefficient (Wildman–Crippen LogP) is 4.25. The molecule has 3 rings (SSSR count). The summed E-state index contributed by atoms with van der Waals surface area (Å²) in [6.45, 7) is 2.35. The minimum absolute atomic E-state index is 0.0000547. The second-order valence-corrected chi connectivity index (χ2v) is 6.33. The van der Waals surface area contributed by atoms with Crippen LogP contribution in [0.5, 0.6) is 0 Å². The number of amides is 1. The fraction of sp³-hybridized carbons (Fsp3) is 0.100. The largest absolute Gasteiger partial charge is 0.322 e. The van der Waals surface area contributed by atoms with Crippen molar-refractivity contribution >= 4 is 23.2 Å². The van der Waals surface area contributed by atoms with Crippen molar-refractivity contribution in [2.45, 2.75) is 13.5 Å². The van der Waals surface area contributed by atoms with Gasteiger partial charge in [-0.15, -0.1) is 0 Å². The van der Waals surface area contributed by atoms with E-state index in [1.54, 1.807) is 12.3 Å². The number of nitrogens with one attached hydrogen (secondary N) is 1. The van der Waals surface area contributed by atoms with Crippen LogP contribution in [-0.2, 0) is 6.54 Å². The molecule has 6 heteroatoms. The smallest absolute Gasteiger partial charge is 0.263 e. The molecule has 0 aliphatic carbocycles. The first-order chi connectivity index (χ1) is 12.4. The lowest BCUT2D eigenvalue weighted by Gasteiger charge is -2.09. The van der Waals surface area contributed by atoms with Crippen LogP contribution >= 0.6 is 11.6 Å². The maximum Gasteiger partial charge on any atom is 0.263 e. The summed E-state index contributed by atoms with van der Waals surface area (Å²) in [5, 5.41) is 2.46.